The molecular formula is C13H13FN2O. The van der Waals surface area contributed by atoms with Crippen LogP contribution in [0.15, 0.2) is 29.1 Å². The van der Waals surface area contributed by atoms with Crippen LogP contribution in [-0.2, 0) is 6.54 Å². The second kappa shape index (κ2) is 3.67. The van der Waals surface area contributed by atoms with Crippen molar-refractivity contribution in [1.82, 2.24) is 4.57 Å². The molecule has 0 saturated carbocycles. The van der Waals surface area contributed by atoms with Crippen molar-refractivity contribution in [2.45, 2.75) is 18.9 Å². The van der Waals surface area contributed by atoms with Gasteiger partial charge in [0.05, 0.1) is 5.52 Å². The van der Waals surface area contributed by atoms with Gasteiger partial charge in [0, 0.05) is 24.1 Å². The molecule has 2 heterocycles. The van der Waals surface area contributed by atoms with Crippen LogP contribution in [0.1, 0.15) is 17.9 Å². The molecule has 0 amide bonds. The van der Waals surface area contributed by atoms with E-state index in [0.717, 1.165) is 10.9 Å². The zero-order valence-corrected chi connectivity index (χ0v) is 9.32. The van der Waals surface area contributed by atoms with Crippen LogP contribution in [0.4, 0.5) is 4.39 Å². The standard InChI is InChI=1S/C13H13FN2O/c14-10-3-1-8-2-4-11(17)16-7-9(5-6-15)12(10)13(8)16/h1-4,9H,5-7,15H2. The van der Waals surface area contributed by atoms with Gasteiger partial charge in [0.1, 0.15) is 5.82 Å². The SMILES string of the molecule is NCCC1Cn2c(=O)ccc3ccc(F)c1c32. The summed E-state index contributed by atoms with van der Waals surface area (Å²) in [6.07, 6.45) is 0.706. The predicted octanol–water partition coefficient (Wildman–Crippen LogP) is 1.59. The highest BCUT2D eigenvalue weighted by Crippen LogP contribution is 2.36. The number of nitrogens with zero attached hydrogens (tertiary/aromatic N) is 1. The zero-order chi connectivity index (χ0) is 12.0. The lowest BCUT2D eigenvalue weighted by Crippen LogP contribution is -2.18. The minimum atomic E-state index is -0.229. The molecule has 17 heavy (non-hydrogen) atoms. The molecule has 0 fully saturated rings. The quantitative estimate of drug-likeness (QED) is 0.854. The summed E-state index contributed by atoms with van der Waals surface area (Å²) in [5.41, 5.74) is 6.89. The van der Waals surface area contributed by atoms with Crippen LogP contribution in [0.5, 0.6) is 0 Å². The summed E-state index contributed by atoms with van der Waals surface area (Å²) in [7, 11) is 0. The number of benzene rings is 1. The van der Waals surface area contributed by atoms with E-state index in [9.17, 15) is 9.18 Å². The van der Waals surface area contributed by atoms with Gasteiger partial charge in [0.15, 0.2) is 0 Å². The Morgan fingerprint density at radius 3 is 2.88 bits per heavy atom. The van der Waals surface area contributed by atoms with E-state index >= 15 is 0 Å². The zero-order valence-electron chi connectivity index (χ0n) is 9.32. The molecule has 4 heteroatoms. The fourth-order valence-electron chi connectivity index (χ4n) is 2.72. The summed E-state index contributed by atoms with van der Waals surface area (Å²) < 4.78 is 15.6. The molecule has 1 aromatic carbocycles. The smallest absolute Gasteiger partial charge is 0.251 e. The van der Waals surface area contributed by atoms with Gasteiger partial charge in [0.25, 0.3) is 5.56 Å². The molecule has 0 saturated heterocycles. The van der Waals surface area contributed by atoms with Crippen LogP contribution in [0, 0.1) is 5.82 Å². The largest absolute Gasteiger partial charge is 0.330 e. The molecule has 1 atom stereocenters. The molecule has 1 aromatic heterocycles. The second-order valence-corrected chi connectivity index (χ2v) is 4.46. The highest BCUT2D eigenvalue weighted by molar-refractivity contribution is 5.84. The second-order valence-electron chi connectivity index (χ2n) is 4.46. The van der Waals surface area contributed by atoms with Gasteiger partial charge < -0.3 is 10.3 Å². The Hall–Kier alpha value is -1.68. The average molecular weight is 232 g/mol. The van der Waals surface area contributed by atoms with Crippen LogP contribution >= 0.6 is 0 Å². The van der Waals surface area contributed by atoms with Crippen molar-refractivity contribution in [2.75, 3.05) is 6.54 Å². The van der Waals surface area contributed by atoms with Gasteiger partial charge in [-0.15, -0.1) is 0 Å². The van der Waals surface area contributed by atoms with Gasteiger partial charge in [0.2, 0.25) is 0 Å². The summed E-state index contributed by atoms with van der Waals surface area (Å²) in [5.74, 6) is -0.202. The van der Waals surface area contributed by atoms with Gasteiger partial charge in [-0.05, 0) is 36.6 Å². The molecule has 1 aliphatic heterocycles. The Bertz CT molecular complexity index is 648. The van der Waals surface area contributed by atoms with Crippen molar-refractivity contribution in [3.63, 3.8) is 0 Å². The maximum Gasteiger partial charge on any atom is 0.251 e. The summed E-state index contributed by atoms with van der Waals surface area (Å²) in [6.45, 7) is 1.05. The fraction of sp³-hybridized carbons (Fsp3) is 0.308. The number of nitrogens with two attached hydrogens (primary N) is 1. The Morgan fingerprint density at radius 1 is 1.35 bits per heavy atom. The molecule has 3 rings (SSSR count). The molecule has 2 N–H and O–H groups in total. The minimum absolute atomic E-state index is 0.0267. The molecular weight excluding hydrogens is 219 g/mol. The van der Waals surface area contributed by atoms with Gasteiger partial charge in [-0.3, -0.25) is 4.79 Å². The predicted molar refractivity (Wildman–Crippen MR) is 64.6 cm³/mol. The van der Waals surface area contributed by atoms with Gasteiger partial charge in [-0.25, -0.2) is 4.39 Å². The summed E-state index contributed by atoms with van der Waals surface area (Å²) >= 11 is 0. The fourth-order valence-corrected chi connectivity index (χ4v) is 2.72. The number of aromatic nitrogens is 1. The molecule has 0 spiro atoms. The lowest BCUT2D eigenvalue weighted by molar-refractivity contribution is 0.535. The van der Waals surface area contributed by atoms with Gasteiger partial charge in [-0.1, -0.05) is 0 Å². The van der Waals surface area contributed by atoms with Crippen molar-refractivity contribution in [3.05, 3.63) is 46.0 Å². The van der Waals surface area contributed by atoms with E-state index in [-0.39, 0.29) is 17.3 Å². The minimum Gasteiger partial charge on any atom is -0.330 e. The van der Waals surface area contributed by atoms with E-state index in [1.807, 2.05) is 0 Å². The Morgan fingerprint density at radius 2 is 2.12 bits per heavy atom. The molecule has 1 unspecified atom stereocenters. The van der Waals surface area contributed by atoms with Crippen LogP contribution in [0.25, 0.3) is 10.9 Å². The first kappa shape index (κ1) is 10.5. The first-order valence-electron chi connectivity index (χ1n) is 5.74. The molecule has 3 nitrogen and oxygen atoms in total. The van der Waals surface area contributed by atoms with E-state index in [4.69, 9.17) is 5.73 Å². The van der Waals surface area contributed by atoms with E-state index in [0.29, 0.717) is 25.1 Å². The summed E-state index contributed by atoms with van der Waals surface area (Å²) in [5, 5.41) is 0.917. The van der Waals surface area contributed by atoms with E-state index in [1.165, 1.54) is 12.1 Å². The third kappa shape index (κ3) is 1.41. The Labute approximate surface area is 97.7 Å². The number of rotatable bonds is 2. The summed E-state index contributed by atoms with van der Waals surface area (Å²) in [4.78, 5) is 11.8. The number of hydrogen-bond acceptors (Lipinski definition) is 2. The molecule has 88 valence electrons. The van der Waals surface area contributed by atoms with Crippen molar-refractivity contribution in [2.24, 2.45) is 5.73 Å². The van der Waals surface area contributed by atoms with E-state index < -0.39 is 0 Å². The molecule has 2 aromatic rings. The summed E-state index contributed by atoms with van der Waals surface area (Å²) in [6, 6.07) is 6.48. The highest BCUT2D eigenvalue weighted by atomic mass is 19.1. The molecule has 0 bridgehead atoms. The number of hydrogen-bond donors (Lipinski definition) is 1. The van der Waals surface area contributed by atoms with Crippen LogP contribution in [-0.4, -0.2) is 11.1 Å². The highest BCUT2D eigenvalue weighted by Gasteiger charge is 2.27. The van der Waals surface area contributed by atoms with Crippen LogP contribution < -0.4 is 11.3 Å². The Kier molecular flexibility index (Phi) is 2.26. The van der Waals surface area contributed by atoms with Crippen molar-refractivity contribution in [3.8, 4) is 0 Å². The topological polar surface area (TPSA) is 48.0 Å². The first-order valence-corrected chi connectivity index (χ1v) is 5.74. The van der Waals surface area contributed by atoms with E-state index in [1.54, 1.807) is 16.7 Å². The normalized spacial score (nSPS) is 17.9. The van der Waals surface area contributed by atoms with Crippen LogP contribution in [0.2, 0.25) is 0 Å². The van der Waals surface area contributed by atoms with E-state index in [2.05, 4.69) is 0 Å². The monoisotopic (exact) mass is 232 g/mol. The number of pyridine rings is 1. The molecule has 1 aliphatic rings. The molecule has 0 aliphatic carbocycles. The third-order valence-corrected chi connectivity index (χ3v) is 3.46. The lowest BCUT2D eigenvalue weighted by atomic mass is 9.96. The third-order valence-electron chi connectivity index (χ3n) is 3.46. The first-order chi connectivity index (χ1) is 8.22. The van der Waals surface area contributed by atoms with Crippen molar-refractivity contribution in [1.29, 1.82) is 0 Å². The maximum absolute atomic E-state index is 13.9. The maximum atomic E-state index is 13.9. The Balaban J connectivity index is 2.36. The number of halogens is 1. The van der Waals surface area contributed by atoms with Gasteiger partial charge in [-0.2, -0.15) is 0 Å². The van der Waals surface area contributed by atoms with Gasteiger partial charge >= 0.3 is 0 Å². The van der Waals surface area contributed by atoms with Crippen molar-refractivity contribution < 1.29 is 4.39 Å². The lowest BCUT2D eigenvalue weighted by Gasteiger charge is -2.09. The average Bonchev–Trinajstić information content (AvgIpc) is 2.69. The van der Waals surface area contributed by atoms with Crippen LogP contribution in [0.3, 0.4) is 0 Å². The molecule has 0 radical (unpaired) electrons. The van der Waals surface area contributed by atoms with Crippen molar-refractivity contribution >= 4 is 10.9 Å².